The number of ether oxygens (including phenoxy) is 1. The minimum atomic E-state index is -0.512. The molecule has 3 amide bonds. The zero-order valence-corrected chi connectivity index (χ0v) is 14.2. The number of methoxy groups -OCH3 is 1. The van der Waals surface area contributed by atoms with E-state index in [2.05, 4.69) is 32.8 Å². The fraction of sp³-hybridized carbons (Fsp3) is 0.294. The largest absolute Gasteiger partial charge is 0.495 e. The van der Waals surface area contributed by atoms with Gasteiger partial charge < -0.3 is 15.4 Å². The van der Waals surface area contributed by atoms with E-state index >= 15 is 0 Å². The van der Waals surface area contributed by atoms with Gasteiger partial charge in [-0.25, -0.2) is 9.78 Å². The summed E-state index contributed by atoms with van der Waals surface area (Å²) in [4.78, 5) is 32.1. The predicted octanol–water partition coefficient (Wildman–Crippen LogP) is 2.66. The van der Waals surface area contributed by atoms with Crippen LogP contribution in [-0.2, 0) is 0 Å². The lowest BCUT2D eigenvalue weighted by Crippen LogP contribution is -2.25. The fourth-order valence-electron chi connectivity index (χ4n) is 2.06. The molecule has 25 heavy (non-hydrogen) atoms. The molecule has 8 heteroatoms. The molecule has 1 aromatic carbocycles. The Labute approximate surface area is 146 Å². The summed E-state index contributed by atoms with van der Waals surface area (Å²) in [5.74, 6) is 0.556. The molecule has 2 rings (SSSR count). The van der Waals surface area contributed by atoms with Gasteiger partial charge in [0.2, 0.25) is 0 Å². The highest BCUT2D eigenvalue weighted by atomic mass is 16.5. The molecule has 1 heterocycles. The fourth-order valence-corrected chi connectivity index (χ4v) is 2.06. The van der Waals surface area contributed by atoms with Gasteiger partial charge in [-0.2, -0.15) is 0 Å². The number of benzene rings is 1. The quantitative estimate of drug-likeness (QED) is 0.670. The van der Waals surface area contributed by atoms with Gasteiger partial charge in [-0.3, -0.25) is 15.1 Å². The maximum absolute atomic E-state index is 12.1. The van der Waals surface area contributed by atoms with Gasteiger partial charge in [-0.1, -0.05) is 13.3 Å². The summed E-state index contributed by atoms with van der Waals surface area (Å²) < 4.78 is 5.23. The second kappa shape index (κ2) is 9.21. The van der Waals surface area contributed by atoms with E-state index < -0.39 is 6.03 Å². The van der Waals surface area contributed by atoms with Crippen LogP contribution >= 0.6 is 0 Å². The molecule has 1 aromatic heterocycles. The van der Waals surface area contributed by atoms with Crippen LogP contribution in [-0.4, -0.2) is 35.6 Å². The van der Waals surface area contributed by atoms with E-state index in [0.29, 0.717) is 29.4 Å². The van der Waals surface area contributed by atoms with E-state index in [1.807, 2.05) is 0 Å². The summed E-state index contributed by atoms with van der Waals surface area (Å²) in [6, 6.07) is 4.33. The number of nitrogens with one attached hydrogen (secondary N) is 3. The predicted molar refractivity (Wildman–Crippen MR) is 94.9 cm³/mol. The van der Waals surface area contributed by atoms with Crippen LogP contribution in [0.2, 0.25) is 0 Å². The van der Waals surface area contributed by atoms with Crippen LogP contribution in [0.4, 0.5) is 16.3 Å². The average Bonchev–Trinajstić information content (AvgIpc) is 2.62. The molecule has 8 nitrogen and oxygen atoms in total. The summed E-state index contributed by atoms with van der Waals surface area (Å²) >= 11 is 0. The van der Waals surface area contributed by atoms with Crippen molar-refractivity contribution in [3.8, 4) is 5.75 Å². The van der Waals surface area contributed by atoms with Gasteiger partial charge in [0.25, 0.3) is 5.91 Å². The van der Waals surface area contributed by atoms with E-state index in [9.17, 15) is 9.59 Å². The minimum absolute atomic E-state index is 0.200. The van der Waals surface area contributed by atoms with Gasteiger partial charge >= 0.3 is 6.03 Å². The highest BCUT2D eigenvalue weighted by Crippen LogP contribution is 2.25. The summed E-state index contributed by atoms with van der Waals surface area (Å²) in [7, 11) is 1.49. The zero-order valence-electron chi connectivity index (χ0n) is 14.2. The van der Waals surface area contributed by atoms with Crippen LogP contribution in [0.3, 0.4) is 0 Å². The summed E-state index contributed by atoms with van der Waals surface area (Å²) in [6.45, 7) is 2.66. The minimum Gasteiger partial charge on any atom is -0.495 e. The molecular formula is C17H21N5O3. The van der Waals surface area contributed by atoms with Crippen molar-refractivity contribution in [2.24, 2.45) is 0 Å². The number of hydrogen-bond donors (Lipinski definition) is 3. The number of urea groups is 1. The third-order valence-corrected chi connectivity index (χ3v) is 3.33. The third-order valence-electron chi connectivity index (χ3n) is 3.33. The van der Waals surface area contributed by atoms with Crippen LogP contribution in [0.25, 0.3) is 0 Å². The number of nitrogens with zero attached hydrogens (tertiary/aromatic N) is 2. The highest BCUT2D eigenvalue weighted by molar-refractivity contribution is 6.02. The van der Waals surface area contributed by atoms with E-state index in [1.165, 1.54) is 25.7 Å². The Balaban J connectivity index is 2.08. The van der Waals surface area contributed by atoms with E-state index in [0.717, 1.165) is 12.8 Å². The van der Waals surface area contributed by atoms with Crippen molar-refractivity contribution in [2.45, 2.75) is 19.8 Å². The first-order chi connectivity index (χ1) is 12.1. The van der Waals surface area contributed by atoms with Crippen molar-refractivity contribution in [1.82, 2.24) is 15.3 Å². The van der Waals surface area contributed by atoms with Gasteiger partial charge in [0, 0.05) is 24.5 Å². The first-order valence-corrected chi connectivity index (χ1v) is 7.94. The number of amides is 3. The van der Waals surface area contributed by atoms with E-state index in [1.54, 1.807) is 18.2 Å². The zero-order chi connectivity index (χ0) is 18.1. The van der Waals surface area contributed by atoms with Crippen molar-refractivity contribution in [2.75, 3.05) is 24.3 Å². The monoisotopic (exact) mass is 343 g/mol. The Morgan fingerprint density at radius 3 is 2.72 bits per heavy atom. The van der Waals surface area contributed by atoms with Crippen molar-refractivity contribution in [3.63, 3.8) is 0 Å². The first-order valence-electron chi connectivity index (χ1n) is 7.94. The molecule has 0 saturated heterocycles. The Morgan fingerprint density at radius 1 is 1.20 bits per heavy atom. The van der Waals surface area contributed by atoms with E-state index in [4.69, 9.17) is 4.74 Å². The molecule has 0 unspecified atom stereocenters. The normalized spacial score (nSPS) is 10.0. The number of unbranched alkanes of at least 4 members (excludes halogenated alkanes) is 1. The second-order valence-corrected chi connectivity index (χ2v) is 5.19. The van der Waals surface area contributed by atoms with Gasteiger partial charge in [-0.05, 0) is 24.6 Å². The van der Waals surface area contributed by atoms with Crippen LogP contribution in [0.1, 0.15) is 30.1 Å². The van der Waals surface area contributed by atoms with Crippen molar-refractivity contribution < 1.29 is 14.3 Å². The third kappa shape index (κ3) is 5.45. The molecule has 132 valence electrons. The van der Waals surface area contributed by atoms with Gasteiger partial charge in [0.05, 0.1) is 19.0 Å². The maximum Gasteiger partial charge on any atom is 0.324 e. The Kier molecular flexibility index (Phi) is 6.70. The molecule has 0 fully saturated rings. The number of anilines is 2. The van der Waals surface area contributed by atoms with Crippen molar-refractivity contribution >= 4 is 23.4 Å². The summed E-state index contributed by atoms with van der Waals surface area (Å²) in [5, 5.41) is 8.03. The standard InChI is InChI=1S/C17H21N5O3/c1-3-4-7-20-16(23)12-5-6-14(25-2)13(10-12)21-17(24)22-15-11-18-8-9-19-15/h5-6,8-11H,3-4,7H2,1-2H3,(H,20,23)(H2,19,21,22,24). The molecule has 0 spiro atoms. The molecule has 3 N–H and O–H groups in total. The number of aromatic nitrogens is 2. The first kappa shape index (κ1) is 18.2. The van der Waals surface area contributed by atoms with Crippen LogP contribution in [0, 0.1) is 0 Å². The Morgan fingerprint density at radius 2 is 2.04 bits per heavy atom. The van der Waals surface area contributed by atoms with E-state index in [-0.39, 0.29) is 5.91 Å². The molecule has 0 radical (unpaired) electrons. The van der Waals surface area contributed by atoms with Crippen LogP contribution < -0.4 is 20.7 Å². The number of rotatable bonds is 7. The topological polar surface area (TPSA) is 105 Å². The highest BCUT2D eigenvalue weighted by Gasteiger charge is 2.12. The van der Waals surface area contributed by atoms with Gasteiger partial charge in [-0.15, -0.1) is 0 Å². The van der Waals surface area contributed by atoms with Crippen LogP contribution in [0.15, 0.2) is 36.8 Å². The number of carbonyl (C=O) groups is 2. The van der Waals surface area contributed by atoms with Crippen molar-refractivity contribution in [1.29, 1.82) is 0 Å². The lowest BCUT2D eigenvalue weighted by Gasteiger charge is -2.12. The lowest BCUT2D eigenvalue weighted by molar-refractivity contribution is 0.0953. The average molecular weight is 343 g/mol. The van der Waals surface area contributed by atoms with Crippen LogP contribution in [0.5, 0.6) is 5.75 Å². The smallest absolute Gasteiger partial charge is 0.324 e. The molecule has 0 atom stereocenters. The summed E-state index contributed by atoms with van der Waals surface area (Å²) in [5.41, 5.74) is 0.818. The summed E-state index contributed by atoms with van der Waals surface area (Å²) in [6.07, 6.45) is 6.31. The molecule has 0 aliphatic rings. The Hall–Kier alpha value is -3.16. The maximum atomic E-state index is 12.1. The SMILES string of the molecule is CCCCNC(=O)c1ccc(OC)c(NC(=O)Nc2cnccn2)c1. The Bertz CT molecular complexity index is 721. The second-order valence-electron chi connectivity index (χ2n) is 5.19. The van der Waals surface area contributed by atoms with Crippen molar-refractivity contribution in [3.05, 3.63) is 42.4 Å². The lowest BCUT2D eigenvalue weighted by atomic mass is 10.1. The molecule has 0 aliphatic carbocycles. The molecule has 0 saturated carbocycles. The number of carbonyl (C=O) groups excluding carboxylic acids is 2. The van der Waals surface area contributed by atoms with Gasteiger partial charge in [0.1, 0.15) is 5.75 Å². The number of hydrogen-bond acceptors (Lipinski definition) is 5. The molecule has 0 aliphatic heterocycles. The molecule has 2 aromatic rings. The van der Waals surface area contributed by atoms with Gasteiger partial charge in [0.15, 0.2) is 5.82 Å². The molecular weight excluding hydrogens is 322 g/mol. The molecule has 0 bridgehead atoms.